The van der Waals surface area contributed by atoms with Crippen LogP contribution in [-0.2, 0) is 0 Å². The number of fused-ring (bicyclic) bond motifs is 1. The van der Waals surface area contributed by atoms with Crippen molar-refractivity contribution in [2.75, 3.05) is 13.7 Å². The summed E-state index contributed by atoms with van der Waals surface area (Å²) in [6.07, 6.45) is 1.73. The van der Waals surface area contributed by atoms with E-state index < -0.39 is 0 Å². The summed E-state index contributed by atoms with van der Waals surface area (Å²) in [5.74, 6) is 2.43. The molecular weight excluding hydrogens is 370 g/mol. The highest BCUT2D eigenvalue weighted by molar-refractivity contribution is 7.07. The maximum Gasteiger partial charge on any atom is 0.206 e. The van der Waals surface area contributed by atoms with Crippen LogP contribution in [0.5, 0.6) is 5.75 Å². The standard InChI is InChI=1S/C22H21N3O2S/c1-4-23-22-25(24-13-20-9-5-15(2)27-20)21(14-28-22)18-7-6-17-12-19(26-3)10-8-16(17)11-18/h5-14H,4H2,1-3H3. The molecule has 0 unspecified atom stereocenters. The molecule has 0 atom stereocenters. The van der Waals surface area contributed by atoms with E-state index in [0.717, 1.165) is 44.1 Å². The fourth-order valence-electron chi connectivity index (χ4n) is 3.00. The summed E-state index contributed by atoms with van der Waals surface area (Å²) in [6, 6.07) is 16.3. The van der Waals surface area contributed by atoms with Gasteiger partial charge >= 0.3 is 0 Å². The third-order valence-corrected chi connectivity index (χ3v) is 5.24. The molecule has 0 aliphatic heterocycles. The molecule has 4 rings (SSSR count). The molecule has 28 heavy (non-hydrogen) atoms. The van der Waals surface area contributed by atoms with Gasteiger partial charge in [-0.3, -0.25) is 4.99 Å². The van der Waals surface area contributed by atoms with Crippen molar-refractivity contribution in [2.45, 2.75) is 13.8 Å². The minimum absolute atomic E-state index is 0.701. The molecule has 2 heterocycles. The van der Waals surface area contributed by atoms with Crippen LogP contribution in [0.3, 0.4) is 0 Å². The second-order valence-corrected chi connectivity index (χ2v) is 7.15. The molecule has 2 aromatic heterocycles. The average Bonchev–Trinajstić information content (AvgIpc) is 3.31. The van der Waals surface area contributed by atoms with Crippen LogP contribution in [0.1, 0.15) is 18.4 Å². The summed E-state index contributed by atoms with van der Waals surface area (Å²) >= 11 is 1.58. The first-order chi connectivity index (χ1) is 13.7. The van der Waals surface area contributed by atoms with E-state index in [0.29, 0.717) is 6.54 Å². The quantitative estimate of drug-likeness (QED) is 0.445. The molecule has 0 bridgehead atoms. The van der Waals surface area contributed by atoms with Gasteiger partial charge < -0.3 is 9.15 Å². The van der Waals surface area contributed by atoms with Crippen molar-refractivity contribution in [3.8, 4) is 17.0 Å². The smallest absolute Gasteiger partial charge is 0.206 e. The van der Waals surface area contributed by atoms with E-state index in [9.17, 15) is 0 Å². The number of hydrogen-bond donors (Lipinski definition) is 0. The first-order valence-corrected chi connectivity index (χ1v) is 9.96. The Bertz CT molecular complexity index is 1210. The monoisotopic (exact) mass is 391 g/mol. The lowest BCUT2D eigenvalue weighted by Gasteiger charge is -2.07. The maximum atomic E-state index is 5.60. The first-order valence-electron chi connectivity index (χ1n) is 9.08. The van der Waals surface area contributed by atoms with Gasteiger partial charge in [0, 0.05) is 17.5 Å². The Kier molecular flexibility index (Phi) is 5.12. The molecule has 0 radical (unpaired) electrons. The van der Waals surface area contributed by atoms with Crippen molar-refractivity contribution in [3.63, 3.8) is 0 Å². The highest BCUT2D eigenvalue weighted by atomic mass is 32.1. The maximum absolute atomic E-state index is 5.60. The van der Waals surface area contributed by atoms with Crippen LogP contribution >= 0.6 is 11.3 Å². The zero-order valence-electron chi connectivity index (χ0n) is 16.0. The zero-order valence-corrected chi connectivity index (χ0v) is 16.9. The van der Waals surface area contributed by atoms with Crippen LogP contribution in [0.25, 0.3) is 22.0 Å². The Hall–Kier alpha value is -3.12. The summed E-state index contributed by atoms with van der Waals surface area (Å²) in [7, 11) is 1.68. The van der Waals surface area contributed by atoms with E-state index in [1.165, 1.54) is 0 Å². The van der Waals surface area contributed by atoms with Crippen LogP contribution in [-0.4, -0.2) is 24.5 Å². The van der Waals surface area contributed by atoms with Gasteiger partial charge in [-0.2, -0.15) is 5.10 Å². The zero-order chi connectivity index (χ0) is 19.5. The second-order valence-electron chi connectivity index (χ2n) is 6.31. The van der Waals surface area contributed by atoms with Crippen molar-refractivity contribution in [2.24, 2.45) is 10.1 Å². The van der Waals surface area contributed by atoms with Gasteiger partial charge in [0.05, 0.1) is 19.0 Å². The van der Waals surface area contributed by atoms with Crippen LogP contribution < -0.4 is 9.54 Å². The van der Waals surface area contributed by atoms with Crippen molar-refractivity contribution in [1.82, 2.24) is 4.68 Å². The van der Waals surface area contributed by atoms with Gasteiger partial charge in [-0.15, -0.1) is 11.3 Å². The molecule has 0 spiro atoms. The molecule has 6 heteroatoms. The minimum atomic E-state index is 0.701. The highest BCUT2D eigenvalue weighted by Crippen LogP contribution is 2.27. The largest absolute Gasteiger partial charge is 0.497 e. The number of ether oxygens (including phenoxy) is 1. The Labute approximate surface area is 167 Å². The molecule has 5 nitrogen and oxygen atoms in total. The summed E-state index contributed by atoms with van der Waals surface area (Å²) in [5, 5.41) is 9.02. The SMILES string of the molecule is CCN=c1scc(-c2ccc3cc(OC)ccc3c2)n1N=Cc1ccc(C)o1. The molecule has 0 aliphatic carbocycles. The number of aromatic nitrogens is 1. The van der Waals surface area contributed by atoms with E-state index >= 15 is 0 Å². The molecule has 142 valence electrons. The van der Waals surface area contributed by atoms with Crippen LogP contribution in [0.15, 0.2) is 68.4 Å². The van der Waals surface area contributed by atoms with E-state index in [1.807, 2.05) is 42.8 Å². The van der Waals surface area contributed by atoms with E-state index in [1.54, 1.807) is 24.7 Å². The third kappa shape index (κ3) is 3.64. The molecule has 0 amide bonds. The summed E-state index contributed by atoms with van der Waals surface area (Å²) < 4.78 is 12.8. The van der Waals surface area contributed by atoms with Crippen molar-refractivity contribution >= 4 is 28.3 Å². The molecule has 0 saturated heterocycles. The number of nitrogens with zero attached hydrogens (tertiary/aromatic N) is 3. The molecule has 2 aromatic carbocycles. The van der Waals surface area contributed by atoms with Gasteiger partial charge in [0.1, 0.15) is 17.3 Å². The fraction of sp³-hybridized carbons (Fsp3) is 0.182. The highest BCUT2D eigenvalue weighted by Gasteiger charge is 2.09. The molecule has 0 aliphatic rings. The van der Waals surface area contributed by atoms with Gasteiger partial charge in [-0.1, -0.05) is 18.2 Å². The number of thiazole rings is 1. The normalized spacial score (nSPS) is 12.3. The summed E-state index contributed by atoms with van der Waals surface area (Å²) in [4.78, 5) is 5.43. The number of furan rings is 1. The van der Waals surface area contributed by atoms with Gasteiger partial charge in [0.2, 0.25) is 4.80 Å². The topological polar surface area (TPSA) is 52.0 Å². The predicted molar refractivity (Wildman–Crippen MR) is 114 cm³/mol. The van der Waals surface area contributed by atoms with Crippen molar-refractivity contribution in [3.05, 3.63) is 70.2 Å². The van der Waals surface area contributed by atoms with Gasteiger partial charge in [0.25, 0.3) is 0 Å². The molecule has 0 N–H and O–H groups in total. The Morgan fingerprint density at radius 1 is 1.11 bits per heavy atom. The number of hydrogen-bond acceptors (Lipinski definition) is 5. The lowest BCUT2D eigenvalue weighted by Crippen LogP contribution is -2.12. The number of rotatable bonds is 5. The second kappa shape index (κ2) is 7.86. The summed E-state index contributed by atoms with van der Waals surface area (Å²) in [6.45, 7) is 4.64. The fourth-order valence-corrected chi connectivity index (χ4v) is 3.90. The van der Waals surface area contributed by atoms with Crippen LogP contribution in [0, 0.1) is 6.92 Å². The number of aryl methyl sites for hydroxylation is 1. The Morgan fingerprint density at radius 2 is 1.93 bits per heavy atom. The van der Waals surface area contributed by atoms with E-state index in [4.69, 9.17) is 9.15 Å². The third-order valence-electron chi connectivity index (χ3n) is 4.38. The minimum Gasteiger partial charge on any atom is -0.497 e. The lowest BCUT2D eigenvalue weighted by molar-refractivity contribution is 0.415. The number of benzene rings is 2. The van der Waals surface area contributed by atoms with Gasteiger partial charge in [0.15, 0.2) is 0 Å². The van der Waals surface area contributed by atoms with Crippen LogP contribution in [0.4, 0.5) is 0 Å². The Balaban J connectivity index is 1.80. The number of methoxy groups -OCH3 is 1. The van der Waals surface area contributed by atoms with Crippen LogP contribution in [0.2, 0.25) is 0 Å². The summed E-state index contributed by atoms with van der Waals surface area (Å²) in [5.41, 5.74) is 2.08. The van der Waals surface area contributed by atoms with Crippen molar-refractivity contribution < 1.29 is 9.15 Å². The molecule has 4 aromatic rings. The Morgan fingerprint density at radius 3 is 2.68 bits per heavy atom. The van der Waals surface area contributed by atoms with E-state index in [-0.39, 0.29) is 0 Å². The lowest BCUT2D eigenvalue weighted by atomic mass is 10.1. The molecule has 0 saturated carbocycles. The molecular formula is C22H21N3O2S. The van der Waals surface area contributed by atoms with Gasteiger partial charge in [-0.25, -0.2) is 4.68 Å². The van der Waals surface area contributed by atoms with E-state index in [2.05, 4.69) is 39.7 Å². The predicted octanol–water partition coefficient (Wildman–Crippen LogP) is 5.08. The first kappa shape index (κ1) is 18.3. The van der Waals surface area contributed by atoms with Crippen molar-refractivity contribution in [1.29, 1.82) is 0 Å². The van der Waals surface area contributed by atoms with Gasteiger partial charge in [-0.05, 0) is 55.0 Å². The average molecular weight is 391 g/mol. The molecule has 0 fully saturated rings.